The number of carboxylic acids is 1. The van der Waals surface area contributed by atoms with Gasteiger partial charge in [-0.2, -0.15) is 0 Å². The fraction of sp³-hybridized carbons (Fsp3) is 0.323. The molecule has 0 bridgehead atoms. The normalized spacial score (nSPS) is 16.7. The van der Waals surface area contributed by atoms with Gasteiger partial charge in [0.05, 0.1) is 14.2 Å². The maximum atomic E-state index is 14.3. The van der Waals surface area contributed by atoms with Crippen molar-refractivity contribution in [1.82, 2.24) is 0 Å². The molecule has 1 aliphatic rings. The van der Waals surface area contributed by atoms with Crippen LogP contribution in [0.5, 0.6) is 5.75 Å². The predicted molar refractivity (Wildman–Crippen MR) is 150 cm³/mol. The zero-order chi connectivity index (χ0) is 28.4. The van der Waals surface area contributed by atoms with Crippen molar-refractivity contribution in [1.29, 1.82) is 0 Å². The number of anilines is 2. The Labute approximate surface area is 228 Å². The number of hydrogen-bond acceptors (Lipinski definition) is 5. The average molecular weight is 531 g/mol. The molecule has 2 N–H and O–H groups in total. The van der Waals surface area contributed by atoms with Crippen molar-refractivity contribution < 1.29 is 29.0 Å². The molecule has 3 aromatic carbocycles. The first-order valence-electron chi connectivity index (χ1n) is 12.8. The van der Waals surface area contributed by atoms with Crippen LogP contribution in [0.4, 0.5) is 16.2 Å². The second kappa shape index (κ2) is 10.8. The zero-order valence-corrected chi connectivity index (χ0v) is 22.9. The summed E-state index contributed by atoms with van der Waals surface area (Å²) in [5.74, 6) is -0.964. The van der Waals surface area contributed by atoms with Gasteiger partial charge in [0, 0.05) is 23.4 Å². The highest BCUT2D eigenvalue weighted by Crippen LogP contribution is 2.42. The molecular formula is C31H34N2O6. The summed E-state index contributed by atoms with van der Waals surface area (Å²) in [6.07, 6.45) is 0.109. The van der Waals surface area contributed by atoms with Crippen LogP contribution in [-0.4, -0.2) is 42.8 Å². The molecule has 4 rings (SSSR count). The van der Waals surface area contributed by atoms with Crippen LogP contribution in [0.3, 0.4) is 0 Å². The molecule has 0 fully saturated rings. The lowest BCUT2D eigenvalue weighted by molar-refractivity contribution is -0.143. The van der Waals surface area contributed by atoms with E-state index < -0.39 is 23.5 Å². The topological polar surface area (TPSA) is 105 Å². The summed E-state index contributed by atoms with van der Waals surface area (Å²) in [5, 5.41) is 13.3. The Morgan fingerprint density at radius 2 is 1.72 bits per heavy atom. The van der Waals surface area contributed by atoms with Crippen LogP contribution in [0.15, 0.2) is 66.7 Å². The Hall–Kier alpha value is -4.33. The number of carbonyl (C=O) groups is 3. The van der Waals surface area contributed by atoms with Crippen LogP contribution < -0.4 is 15.0 Å². The molecule has 0 saturated carbocycles. The van der Waals surface area contributed by atoms with Gasteiger partial charge >= 0.3 is 12.1 Å². The van der Waals surface area contributed by atoms with Gasteiger partial charge < -0.3 is 14.6 Å². The minimum Gasteiger partial charge on any atom is -0.496 e. The fourth-order valence-electron chi connectivity index (χ4n) is 5.19. The van der Waals surface area contributed by atoms with Crippen molar-refractivity contribution in [3.05, 3.63) is 89.0 Å². The minimum absolute atomic E-state index is 0.133. The van der Waals surface area contributed by atoms with Gasteiger partial charge in [0.1, 0.15) is 11.3 Å². The van der Waals surface area contributed by atoms with E-state index in [1.165, 1.54) is 12.0 Å². The number of carbonyl (C=O) groups excluding carboxylic acids is 2. The van der Waals surface area contributed by atoms with Crippen LogP contribution in [0.1, 0.15) is 54.2 Å². The molecule has 1 atom stereocenters. The third-order valence-corrected chi connectivity index (χ3v) is 7.19. The lowest BCUT2D eigenvalue weighted by Gasteiger charge is -2.45. The quantitative estimate of drug-likeness (QED) is 0.415. The van der Waals surface area contributed by atoms with E-state index in [2.05, 4.69) is 26.1 Å². The maximum absolute atomic E-state index is 14.3. The summed E-state index contributed by atoms with van der Waals surface area (Å²) in [6.45, 7) is 6.17. The molecule has 1 unspecified atom stereocenters. The number of nitrogens with one attached hydrogen (secondary N) is 1. The lowest BCUT2D eigenvalue weighted by Crippen LogP contribution is -2.61. The van der Waals surface area contributed by atoms with Crippen LogP contribution in [0.25, 0.3) is 0 Å². The van der Waals surface area contributed by atoms with Crippen molar-refractivity contribution in [3.63, 3.8) is 0 Å². The van der Waals surface area contributed by atoms with E-state index >= 15 is 0 Å². The van der Waals surface area contributed by atoms with Gasteiger partial charge in [-0.1, -0.05) is 57.2 Å². The lowest BCUT2D eigenvalue weighted by atomic mass is 9.78. The number of amides is 2. The highest BCUT2D eigenvalue weighted by Gasteiger charge is 2.50. The molecular weight excluding hydrogens is 496 g/mol. The highest BCUT2D eigenvalue weighted by atomic mass is 16.5. The minimum atomic E-state index is -1.53. The summed E-state index contributed by atoms with van der Waals surface area (Å²) in [7, 11) is 2.83. The molecule has 0 radical (unpaired) electrons. The summed E-state index contributed by atoms with van der Waals surface area (Å²) in [4.78, 5) is 40.6. The van der Waals surface area contributed by atoms with E-state index in [1.54, 1.807) is 37.4 Å². The van der Waals surface area contributed by atoms with Gasteiger partial charge in [-0.25, -0.2) is 9.59 Å². The number of ether oxygens (including phenoxy) is 2. The molecule has 204 valence electrons. The number of benzene rings is 3. The van der Waals surface area contributed by atoms with Gasteiger partial charge in [-0.3, -0.25) is 15.0 Å². The van der Waals surface area contributed by atoms with E-state index in [9.17, 15) is 19.5 Å². The monoisotopic (exact) mass is 530 g/mol. The molecule has 0 aromatic heterocycles. The Bertz CT molecular complexity index is 1400. The van der Waals surface area contributed by atoms with Crippen LogP contribution in [0, 0.1) is 0 Å². The number of fused-ring (bicyclic) bond motifs is 1. The smallest absolute Gasteiger partial charge is 0.411 e. The van der Waals surface area contributed by atoms with Crippen molar-refractivity contribution in [2.45, 2.75) is 51.0 Å². The SMILES string of the molecule is COC(=O)Nc1ccc2c(c1)CCC(Cc1ccccc1)(C(=O)O)N2C(=O)c1ccc(C(C)(C)C)c(OC)c1. The number of rotatable bonds is 6. The number of aryl methyl sites for hydroxylation is 1. The molecule has 39 heavy (non-hydrogen) atoms. The number of nitrogens with zero attached hydrogens (tertiary/aromatic N) is 1. The Morgan fingerprint density at radius 1 is 1.00 bits per heavy atom. The first-order chi connectivity index (χ1) is 18.5. The summed E-state index contributed by atoms with van der Waals surface area (Å²) in [5.41, 5.74) is 2.06. The molecule has 8 heteroatoms. The number of methoxy groups -OCH3 is 2. The van der Waals surface area contributed by atoms with E-state index in [-0.39, 0.29) is 18.3 Å². The summed E-state index contributed by atoms with van der Waals surface area (Å²) in [6, 6.07) is 19.7. The van der Waals surface area contributed by atoms with E-state index in [0.29, 0.717) is 29.1 Å². The Morgan fingerprint density at radius 3 is 2.33 bits per heavy atom. The van der Waals surface area contributed by atoms with E-state index in [4.69, 9.17) is 9.47 Å². The second-order valence-corrected chi connectivity index (χ2v) is 10.8. The number of aliphatic carboxylic acids is 1. The molecule has 0 aliphatic carbocycles. The largest absolute Gasteiger partial charge is 0.496 e. The third kappa shape index (κ3) is 5.46. The van der Waals surface area contributed by atoms with Crippen molar-refractivity contribution in [3.8, 4) is 5.75 Å². The first kappa shape index (κ1) is 27.7. The van der Waals surface area contributed by atoms with Crippen molar-refractivity contribution in [2.24, 2.45) is 0 Å². The van der Waals surface area contributed by atoms with Gasteiger partial charge in [-0.05, 0) is 65.3 Å². The van der Waals surface area contributed by atoms with E-state index in [0.717, 1.165) is 16.7 Å². The van der Waals surface area contributed by atoms with E-state index in [1.807, 2.05) is 36.4 Å². The van der Waals surface area contributed by atoms with Gasteiger partial charge in [0.25, 0.3) is 5.91 Å². The fourth-order valence-corrected chi connectivity index (χ4v) is 5.19. The molecule has 0 saturated heterocycles. The second-order valence-electron chi connectivity index (χ2n) is 10.8. The number of carboxylic acid groups (broad SMARTS) is 1. The van der Waals surface area contributed by atoms with Crippen LogP contribution in [-0.2, 0) is 27.8 Å². The average Bonchev–Trinajstić information content (AvgIpc) is 2.92. The van der Waals surface area contributed by atoms with Crippen LogP contribution >= 0.6 is 0 Å². The highest BCUT2D eigenvalue weighted by molar-refractivity contribution is 6.12. The van der Waals surface area contributed by atoms with Crippen LogP contribution in [0.2, 0.25) is 0 Å². The number of hydrogen-bond donors (Lipinski definition) is 2. The molecule has 3 aromatic rings. The molecule has 1 heterocycles. The summed E-state index contributed by atoms with van der Waals surface area (Å²) < 4.78 is 10.3. The van der Waals surface area contributed by atoms with Crippen molar-refractivity contribution >= 4 is 29.3 Å². The molecule has 1 aliphatic heterocycles. The molecule has 8 nitrogen and oxygen atoms in total. The van der Waals surface area contributed by atoms with Crippen molar-refractivity contribution in [2.75, 3.05) is 24.4 Å². The molecule has 0 spiro atoms. The van der Waals surface area contributed by atoms with Gasteiger partial charge in [-0.15, -0.1) is 0 Å². The van der Waals surface area contributed by atoms with Gasteiger partial charge in [0.2, 0.25) is 0 Å². The summed E-state index contributed by atoms with van der Waals surface area (Å²) >= 11 is 0. The zero-order valence-electron chi connectivity index (χ0n) is 22.9. The standard InChI is InChI=1S/C31H34N2O6/c1-30(2,3)24-13-11-22(18-26(24)38-4)27(34)33-25-14-12-23(32-29(37)39-5)17-21(25)15-16-31(33,28(35)36)19-20-9-7-6-8-10-20/h6-14,17-18H,15-16,19H2,1-5H3,(H,32,37)(H,35,36). The Balaban J connectivity index is 1.87. The maximum Gasteiger partial charge on any atom is 0.411 e. The van der Waals surface area contributed by atoms with Gasteiger partial charge in [0.15, 0.2) is 0 Å². The Kier molecular flexibility index (Phi) is 7.67. The predicted octanol–water partition coefficient (Wildman–Crippen LogP) is 5.83. The third-order valence-electron chi connectivity index (χ3n) is 7.19. The molecule has 2 amide bonds. The first-order valence-corrected chi connectivity index (χ1v) is 12.8.